The van der Waals surface area contributed by atoms with Gasteiger partial charge >= 0.3 is 16.4 Å². The minimum absolute atomic E-state index is 0.0352. The normalized spacial score (nSPS) is 21.3. The monoisotopic (exact) mass is 793 g/mol. The predicted octanol–water partition coefficient (Wildman–Crippen LogP) is 8.07. The third-order valence-electron chi connectivity index (χ3n) is 9.58. The SMILES string of the molecule is CCCCCCC/C=C\C/C=C\CCCCCCCCCCCC(=O)OC(COCCCCCCCC)COC1OC(CO)C(O)C(OS(=O)(=O)O)C1O. The maximum absolute atomic E-state index is 12.8. The molecule has 0 amide bonds. The van der Waals surface area contributed by atoms with Crippen LogP contribution in [-0.2, 0) is 38.3 Å². The fourth-order valence-corrected chi connectivity index (χ4v) is 6.86. The van der Waals surface area contributed by atoms with E-state index in [1.54, 1.807) is 0 Å². The molecule has 1 aliphatic rings. The van der Waals surface area contributed by atoms with Crippen molar-refractivity contribution in [2.24, 2.45) is 0 Å². The molecule has 0 saturated carbocycles. The lowest BCUT2D eigenvalue weighted by Crippen LogP contribution is -2.60. The fraction of sp³-hybridized carbons (Fsp3) is 0.878. The number of allylic oxidation sites excluding steroid dienone is 4. The van der Waals surface area contributed by atoms with Crippen LogP contribution in [0.1, 0.15) is 168 Å². The highest BCUT2D eigenvalue weighted by Crippen LogP contribution is 2.26. The molecular weight excluding hydrogens is 717 g/mol. The van der Waals surface area contributed by atoms with Crippen molar-refractivity contribution < 1.29 is 56.2 Å². The molecule has 1 rings (SSSR count). The molecule has 1 fully saturated rings. The van der Waals surface area contributed by atoms with Gasteiger partial charge in [-0.05, 0) is 44.9 Å². The van der Waals surface area contributed by atoms with Gasteiger partial charge in [-0.3, -0.25) is 9.35 Å². The summed E-state index contributed by atoms with van der Waals surface area (Å²) in [6.45, 7) is 3.91. The third-order valence-corrected chi connectivity index (χ3v) is 10.0. The van der Waals surface area contributed by atoms with Crippen LogP contribution in [0.5, 0.6) is 0 Å². The van der Waals surface area contributed by atoms with Gasteiger partial charge < -0.3 is 34.3 Å². The van der Waals surface area contributed by atoms with Crippen LogP contribution in [0.4, 0.5) is 0 Å². The van der Waals surface area contributed by atoms with Crippen molar-refractivity contribution in [1.29, 1.82) is 0 Å². The summed E-state index contributed by atoms with van der Waals surface area (Å²) in [6.07, 6.45) is 26.8. The molecule has 1 aliphatic heterocycles. The lowest BCUT2D eigenvalue weighted by Gasteiger charge is -2.41. The van der Waals surface area contributed by atoms with Gasteiger partial charge in [0.2, 0.25) is 0 Å². The van der Waals surface area contributed by atoms with Gasteiger partial charge in [0.25, 0.3) is 0 Å². The number of esters is 1. The molecule has 6 atom stereocenters. The smallest absolute Gasteiger partial charge is 0.397 e. The van der Waals surface area contributed by atoms with E-state index in [1.807, 2.05) is 0 Å². The number of aliphatic hydroxyl groups is 3. The molecule has 0 aromatic heterocycles. The largest absolute Gasteiger partial charge is 0.457 e. The number of hydrogen-bond acceptors (Lipinski definition) is 11. The predicted molar refractivity (Wildman–Crippen MR) is 211 cm³/mol. The van der Waals surface area contributed by atoms with Crippen LogP contribution in [0.15, 0.2) is 24.3 Å². The Bertz CT molecular complexity index is 1050. The Balaban J connectivity index is 2.34. The zero-order valence-corrected chi connectivity index (χ0v) is 34.4. The molecule has 4 N–H and O–H groups in total. The van der Waals surface area contributed by atoms with Crippen molar-refractivity contribution in [2.45, 2.75) is 205 Å². The van der Waals surface area contributed by atoms with Gasteiger partial charge in [-0.1, -0.05) is 141 Å². The van der Waals surface area contributed by atoms with E-state index < -0.39 is 59.8 Å². The Morgan fingerprint density at radius 1 is 0.704 bits per heavy atom. The van der Waals surface area contributed by atoms with E-state index in [-0.39, 0.29) is 19.6 Å². The molecule has 6 unspecified atom stereocenters. The van der Waals surface area contributed by atoms with Gasteiger partial charge in [-0.15, -0.1) is 0 Å². The van der Waals surface area contributed by atoms with E-state index in [4.69, 9.17) is 23.5 Å². The summed E-state index contributed by atoms with van der Waals surface area (Å²) in [5, 5.41) is 30.5. The number of carbonyl (C=O) groups excluding carboxylic acids is 1. The summed E-state index contributed by atoms with van der Waals surface area (Å²) in [6, 6.07) is 0. The molecule has 0 bridgehead atoms. The van der Waals surface area contributed by atoms with Crippen LogP contribution in [-0.4, -0.2) is 97.5 Å². The highest BCUT2D eigenvalue weighted by Gasteiger charge is 2.48. The molecule has 1 saturated heterocycles. The fourth-order valence-electron chi connectivity index (χ4n) is 6.35. The van der Waals surface area contributed by atoms with Crippen LogP contribution in [0.25, 0.3) is 0 Å². The van der Waals surface area contributed by atoms with E-state index in [2.05, 4.69) is 42.3 Å². The van der Waals surface area contributed by atoms with Crippen molar-refractivity contribution in [2.75, 3.05) is 26.4 Å². The first-order chi connectivity index (χ1) is 26.1. The topological polar surface area (TPSA) is 178 Å². The number of unbranched alkanes of at least 4 members (excludes halogenated alkanes) is 19. The van der Waals surface area contributed by atoms with Gasteiger partial charge in [0, 0.05) is 13.0 Å². The van der Waals surface area contributed by atoms with Crippen molar-refractivity contribution in [3.8, 4) is 0 Å². The van der Waals surface area contributed by atoms with Crippen molar-refractivity contribution >= 4 is 16.4 Å². The summed E-state index contributed by atoms with van der Waals surface area (Å²) < 4.78 is 58.6. The quantitative estimate of drug-likeness (QED) is 0.0208. The van der Waals surface area contributed by atoms with Crippen LogP contribution < -0.4 is 0 Å². The van der Waals surface area contributed by atoms with Gasteiger partial charge in [-0.2, -0.15) is 8.42 Å². The van der Waals surface area contributed by atoms with Crippen LogP contribution in [0.3, 0.4) is 0 Å². The van der Waals surface area contributed by atoms with Crippen molar-refractivity contribution in [3.63, 3.8) is 0 Å². The van der Waals surface area contributed by atoms with Gasteiger partial charge in [0.1, 0.15) is 30.5 Å². The second kappa shape index (κ2) is 33.7. The second-order valence-electron chi connectivity index (χ2n) is 14.6. The maximum Gasteiger partial charge on any atom is 0.397 e. The summed E-state index contributed by atoms with van der Waals surface area (Å²) in [5.41, 5.74) is 0. The van der Waals surface area contributed by atoms with Gasteiger partial charge in [-0.25, -0.2) is 4.18 Å². The highest BCUT2D eigenvalue weighted by molar-refractivity contribution is 7.80. The van der Waals surface area contributed by atoms with Crippen LogP contribution in [0.2, 0.25) is 0 Å². The minimum atomic E-state index is -5.05. The minimum Gasteiger partial charge on any atom is -0.457 e. The van der Waals surface area contributed by atoms with E-state index in [9.17, 15) is 28.5 Å². The molecule has 1 heterocycles. The highest BCUT2D eigenvalue weighted by atomic mass is 32.3. The molecule has 0 spiro atoms. The average Bonchev–Trinajstić information content (AvgIpc) is 3.14. The molecule has 0 radical (unpaired) electrons. The van der Waals surface area contributed by atoms with Gasteiger partial charge in [0.15, 0.2) is 6.29 Å². The molecule has 12 nitrogen and oxygen atoms in total. The molecule has 0 aromatic rings. The Labute approximate surface area is 327 Å². The Morgan fingerprint density at radius 2 is 1.22 bits per heavy atom. The Morgan fingerprint density at radius 3 is 1.76 bits per heavy atom. The molecule has 318 valence electrons. The summed E-state index contributed by atoms with van der Waals surface area (Å²) in [5.74, 6) is -0.406. The molecule has 54 heavy (non-hydrogen) atoms. The van der Waals surface area contributed by atoms with Crippen molar-refractivity contribution in [1.82, 2.24) is 0 Å². The molecular formula is C41H76O12S. The summed E-state index contributed by atoms with van der Waals surface area (Å²) in [7, 11) is -5.05. The first kappa shape index (κ1) is 50.6. The van der Waals surface area contributed by atoms with E-state index in [0.717, 1.165) is 51.4 Å². The number of aliphatic hydroxyl groups excluding tert-OH is 3. The third kappa shape index (κ3) is 27.2. The number of carbonyl (C=O) groups is 1. The van der Waals surface area contributed by atoms with Crippen molar-refractivity contribution in [3.05, 3.63) is 24.3 Å². The van der Waals surface area contributed by atoms with Crippen LogP contribution >= 0.6 is 0 Å². The zero-order valence-electron chi connectivity index (χ0n) is 33.5. The molecule has 0 aliphatic carbocycles. The van der Waals surface area contributed by atoms with E-state index in [0.29, 0.717) is 13.0 Å². The molecule has 0 aromatic carbocycles. The first-order valence-corrected chi connectivity index (χ1v) is 22.5. The zero-order chi connectivity index (χ0) is 39.7. The summed E-state index contributed by atoms with van der Waals surface area (Å²) >= 11 is 0. The Hall–Kier alpha value is -1.42. The van der Waals surface area contributed by atoms with E-state index >= 15 is 0 Å². The second-order valence-corrected chi connectivity index (χ2v) is 15.6. The van der Waals surface area contributed by atoms with E-state index in [1.165, 1.54) is 89.9 Å². The number of ether oxygens (including phenoxy) is 4. The molecule has 13 heteroatoms. The number of hydrogen-bond donors (Lipinski definition) is 4. The van der Waals surface area contributed by atoms with Gasteiger partial charge in [0.05, 0.1) is 19.8 Å². The van der Waals surface area contributed by atoms with Crippen LogP contribution in [0, 0.1) is 0 Å². The Kier molecular flexibility index (Phi) is 31.6. The average molecular weight is 793 g/mol. The maximum atomic E-state index is 12.8. The lowest BCUT2D eigenvalue weighted by molar-refractivity contribution is -0.301. The first-order valence-electron chi connectivity index (χ1n) is 21.1. The standard InChI is InChI=1S/C41H76O12S/c1-3-5-7-9-11-12-13-14-15-16-17-18-19-20-21-22-23-24-25-26-28-30-37(43)51-35(33-49-31-29-27-10-8-6-4-2)34-50-41-39(45)40(53-54(46,47)48)38(44)36(32-42)52-41/h13-14,16-17,35-36,38-42,44-45H,3-12,15,18-34H2,1-2H3,(H,46,47,48)/b14-13-,17-16-. The number of rotatable bonds is 36. The lowest BCUT2D eigenvalue weighted by atomic mass is 9.99. The summed E-state index contributed by atoms with van der Waals surface area (Å²) in [4.78, 5) is 12.8.